The largest absolute Gasteiger partial charge is 0.504 e. The van der Waals surface area contributed by atoms with E-state index in [4.69, 9.17) is 0 Å². The summed E-state index contributed by atoms with van der Waals surface area (Å²) in [6.07, 6.45) is 2.04. The predicted molar refractivity (Wildman–Crippen MR) is 67.0 cm³/mol. The van der Waals surface area contributed by atoms with Crippen molar-refractivity contribution in [2.24, 2.45) is 0 Å². The van der Waals surface area contributed by atoms with E-state index in [1.807, 2.05) is 4.68 Å². The van der Waals surface area contributed by atoms with Crippen LogP contribution in [-0.4, -0.2) is 14.9 Å². The van der Waals surface area contributed by atoms with E-state index in [2.05, 4.69) is 39.7 Å². The first-order valence-electron chi connectivity index (χ1n) is 6.36. The summed E-state index contributed by atoms with van der Waals surface area (Å²) in [5.41, 5.74) is 1.86. The molecular weight excluding hydrogens is 200 g/mol. The highest BCUT2D eigenvalue weighted by Gasteiger charge is 2.22. The molecule has 0 spiro atoms. The Labute approximate surface area is 98.5 Å². The normalized spacial score (nSPS) is 15.1. The Bertz CT molecular complexity index is 344. The average Bonchev–Trinajstić information content (AvgIpc) is 2.64. The van der Waals surface area contributed by atoms with E-state index in [-0.39, 0.29) is 0 Å². The lowest BCUT2D eigenvalue weighted by Gasteiger charge is -2.11. The highest BCUT2D eigenvalue weighted by Crippen LogP contribution is 2.35. The summed E-state index contributed by atoms with van der Waals surface area (Å²) in [5, 5.41) is 14.8. The molecule has 0 aromatic carbocycles. The third kappa shape index (κ3) is 2.23. The van der Waals surface area contributed by atoms with Crippen LogP contribution >= 0.6 is 0 Å². The molecule has 1 N–H and O–H groups in total. The van der Waals surface area contributed by atoms with Crippen molar-refractivity contribution in [2.45, 2.75) is 65.8 Å². The molecule has 0 amide bonds. The molecule has 0 radical (unpaired) electrons. The van der Waals surface area contributed by atoms with E-state index in [9.17, 15) is 5.11 Å². The van der Waals surface area contributed by atoms with E-state index in [0.29, 0.717) is 17.6 Å². The summed E-state index contributed by atoms with van der Waals surface area (Å²) in [5.74, 6) is 1.12. The van der Waals surface area contributed by atoms with E-state index in [0.717, 1.165) is 30.8 Å². The molecule has 16 heavy (non-hydrogen) atoms. The van der Waals surface area contributed by atoms with Crippen molar-refractivity contribution in [3.8, 4) is 5.75 Å². The molecule has 0 saturated heterocycles. The van der Waals surface area contributed by atoms with Crippen LogP contribution in [0.15, 0.2) is 0 Å². The van der Waals surface area contributed by atoms with Gasteiger partial charge in [-0.1, -0.05) is 27.7 Å². The molecule has 3 nitrogen and oxygen atoms in total. The lowest BCUT2D eigenvalue weighted by molar-refractivity contribution is 0.445. The fourth-order valence-corrected chi connectivity index (χ4v) is 1.93. The smallest absolute Gasteiger partial charge is 0.160 e. The van der Waals surface area contributed by atoms with E-state index in [1.165, 1.54) is 0 Å². The maximum atomic E-state index is 10.3. The molecule has 2 unspecified atom stereocenters. The van der Waals surface area contributed by atoms with Gasteiger partial charge in [0.15, 0.2) is 5.75 Å². The monoisotopic (exact) mass is 224 g/mol. The van der Waals surface area contributed by atoms with Crippen molar-refractivity contribution in [1.29, 1.82) is 0 Å². The SMILES string of the molecule is CCC(C)c1nn(CC)c(C(C)CC)c1O. The zero-order valence-corrected chi connectivity index (χ0v) is 11.1. The molecule has 0 aliphatic carbocycles. The van der Waals surface area contributed by atoms with Gasteiger partial charge in [-0.25, -0.2) is 0 Å². The number of nitrogens with zero attached hydrogens (tertiary/aromatic N) is 2. The summed E-state index contributed by atoms with van der Waals surface area (Å²) in [7, 11) is 0. The van der Waals surface area contributed by atoms with Gasteiger partial charge in [0.1, 0.15) is 5.69 Å². The fraction of sp³-hybridized carbons (Fsp3) is 0.769. The first-order valence-corrected chi connectivity index (χ1v) is 6.36. The van der Waals surface area contributed by atoms with E-state index >= 15 is 0 Å². The molecule has 1 rings (SSSR count). The van der Waals surface area contributed by atoms with Gasteiger partial charge in [0.2, 0.25) is 0 Å². The highest BCUT2D eigenvalue weighted by atomic mass is 16.3. The zero-order valence-electron chi connectivity index (χ0n) is 11.1. The van der Waals surface area contributed by atoms with Crippen molar-refractivity contribution in [1.82, 2.24) is 9.78 Å². The van der Waals surface area contributed by atoms with Gasteiger partial charge in [0.25, 0.3) is 0 Å². The molecule has 3 heteroatoms. The van der Waals surface area contributed by atoms with Crippen LogP contribution in [0.5, 0.6) is 5.75 Å². The summed E-state index contributed by atoms with van der Waals surface area (Å²) in [6.45, 7) is 11.4. The Balaban J connectivity index is 3.21. The molecule has 92 valence electrons. The van der Waals surface area contributed by atoms with Gasteiger partial charge in [0.05, 0.1) is 5.69 Å². The molecule has 0 aliphatic heterocycles. The van der Waals surface area contributed by atoms with Gasteiger partial charge in [-0.05, 0) is 19.8 Å². The van der Waals surface area contributed by atoms with Gasteiger partial charge in [-0.2, -0.15) is 5.10 Å². The van der Waals surface area contributed by atoms with E-state index < -0.39 is 0 Å². The second-order valence-corrected chi connectivity index (χ2v) is 4.55. The van der Waals surface area contributed by atoms with Crippen LogP contribution in [0.4, 0.5) is 0 Å². The molecule has 1 aromatic rings. The second-order valence-electron chi connectivity index (χ2n) is 4.55. The number of aromatic nitrogens is 2. The number of rotatable bonds is 5. The van der Waals surface area contributed by atoms with Crippen molar-refractivity contribution in [2.75, 3.05) is 0 Å². The van der Waals surface area contributed by atoms with Crippen LogP contribution < -0.4 is 0 Å². The van der Waals surface area contributed by atoms with Gasteiger partial charge in [-0.15, -0.1) is 0 Å². The Morgan fingerprint density at radius 3 is 2.12 bits per heavy atom. The first kappa shape index (κ1) is 13.1. The third-order valence-corrected chi connectivity index (χ3v) is 3.45. The van der Waals surface area contributed by atoms with Crippen LogP contribution in [0.1, 0.15) is 70.7 Å². The Kier molecular flexibility index (Phi) is 4.39. The van der Waals surface area contributed by atoms with Crippen LogP contribution in [0.3, 0.4) is 0 Å². The van der Waals surface area contributed by atoms with Gasteiger partial charge in [0, 0.05) is 18.4 Å². The first-order chi connectivity index (χ1) is 7.56. The maximum Gasteiger partial charge on any atom is 0.160 e. The number of hydrogen-bond donors (Lipinski definition) is 1. The number of aryl methyl sites for hydroxylation is 1. The van der Waals surface area contributed by atoms with Crippen LogP contribution in [0.2, 0.25) is 0 Å². The zero-order chi connectivity index (χ0) is 12.3. The molecule has 0 fully saturated rings. The van der Waals surface area contributed by atoms with Crippen LogP contribution in [0.25, 0.3) is 0 Å². The van der Waals surface area contributed by atoms with Crippen molar-refractivity contribution in [3.63, 3.8) is 0 Å². The molecule has 1 aromatic heterocycles. The van der Waals surface area contributed by atoms with Gasteiger partial charge in [-0.3, -0.25) is 4.68 Å². The quantitative estimate of drug-likeness (QED) is 0.829. The average molecular weight is 224 g/mol. The Hall–Kier alpha value is -0.990. The number of aromatic hydroxyl groups is 1. The molecule has 1 heterocycles. The van der Waals surface area contributed by atoms with Crippen molar-refractivity contribution < 1.29 is 5.11 Å². The lowest BCUT2D eigenvalue weighted by Crippen LogP contribution is -2.05. The molecule has 0 saturated carbocycles. The molecule has 0 aliphatic rings. The maximum absolute atomic E-state index is 10.3. The second kappa shape index (κ2) is 5.37. The molecule has 0 bridgehead atoms. The summed E-state index contributed by atoms with van der Waals surface area (Å²) < 4.78 is 1.95. The summed E-state index contributed by atoms with van der Waals surface area (Å²) in [6, 6.07) is 0. The van der Waals surface area contributed by atoms with Crippen molar-refractivity contribution >= 4 is 0 Å². The topological polar surface area (TPSA) is 38.0 Å². The fourth-order valence-electron chi connectivity index (χ4n) is 1.93. The number of hydrogen-bond acceptors (Lipinski definition) is 2. The Morgan fingerprint density at radius 1 is 1.12 bits per heavy atom. The summed E-state index contributed by atoms with van der Waals surface area (Å²) in [4.78, 5) is 0. The van der Waals surface area contributed by atoms with Gasteiger partial charge >= 0.3 is 0 Å². The predicted octanol–water partition coefficient (Wildman–Crippen LogP) is 3.64. The molecular formula is C13H24N2O. The summed E-state index contributed by atoms with van der Waals surface area (Å²) >= 11 is 0. The molecule has 2 atom stereocenters. The van der Waals surface area contributed by atoms with Crippen molar-refractivity contribution in [3.05, 3.63) is 11.4 Å². The standard InChI is InChI=1S/C13H24N2O/c1-6-9(4)11-13(16)12(10(5)7-2)15(8-3)14-11/h9-10,16H,6-8H2,1-5H3. The Morgan fingerprint density at radius 2 is 1.69 bits per heavy atom. The lowest BCUT2D eigenvalue weighted by atomic mass is 9.99. The highest BCUT2D eigenvalue weighted by molar-refractivity contribution is 5.36. The minimum absolute atomic E-state index is 0.329. The minimum atomic E-state index is 0.329. The van der Waals surface area contributed by atoms with Crippen LogP contribution in [-0.2, 0) is 6.54 Å². The van der Waals surface area contributed by atoms with Crippen LogP contribution in [0, 0.1) is 0 Å². The van der Waals surface area contributed by atoms with Gasteiger partial charge < -0.3 is 5.11 Å². The minimum Gasteiger partial charge on any atom is -0.504 e. The third-order valence-electron chi connectivity index (χ3n) is 3.45. The van der Waals surface area contributed by atoms with E-state index in [1.54, 1.807) is 0 Å².